The monoisotopic (exact) mass is 239 g/mol. The molecule has 0 radical (unpaired) electrons. The molecule has 0 saturated heterocycles. The first-order valence-electron chi connectivity index (χ1n) is 5.64. The van der Waals surface area contributed by atoms with Gasteiger partial charge in [0.15, 0.2) is 0 Å². The molecule has 0 aromatic carbocycles. The first kappa shape index (κ1) is 13.7. The number of hydrogen-bond donors (Lipinski definition) is 2. The number of carboxylic acid groups (broad SMARTS) is 1. The minimum absolute atomic E-state index is 0.518. The zero-order chi connectivity index (χ0) is 13.3. The van der Waals surface area contributed by atoms with E-state index in [9.17, 15) is 9.90 Å². The molecule has 0 aliphatic rings. The zero-order valence-corrected chi connectivity index (χ0v) is 11.1. The lowest BCUT2D eigenvalue weighted by Gasteiger charge is -2.38. The third-order valence-electron chi connectivity index (χ3n) is 3.58. The van der Waals surface area contributed by atoms with Crippen molar-refractivity contribution in [1.82, 2.24) is 15.1 Å². The largest absolute Gasteiger partial charge is 0.481 e. The number of aromatic nitrogens is 2. The van der Waals surface area contributed by atoms with Gasteiger partial charge in [0.05, 0.1) is 11.1 Å². The molecular formula is C12H21N3O2. The van der Waals surface area contributed by atoms with Gasteiger partial charge in [-0.15, -0.1) is 0 Å². The zero-order valence-electron chi connectivity index (χ0n) is 11.1. The lowest BCUT2D eigenvalue weighted by molar-refractivity contribution is -0.151. The second-order valence-electron chi connectivity index (χ2n) is 5.39. The van der Waals surface area contributed by atoms with E-state index in [1.165, 1.54) is 0 Å². The van der Waals surface area contributed by atoms with E-state index in [1.54, 1.807) is 18.5 Å². The first-order chi connectivity index (χ1) is 7.67. The minimum Gasteiger partial charge on any atom is -0.481 e. The summed E-state index contributed by atoms with van der Waals surface area (Å²) in [7, 11) is 1.86. The van der Waals surface area contributed by atoms with Crippen molar-refractivity contribution in [2.75, 3.05) is 0 Å². The number of hydrogen-bond acceptors (Lipinski definition) is 3. The van der Waals surface area contributed by atoms with Crippen LogP contribution in [0.1, 0.15) is 33.4 Å². The maximum absolute atomic E-state index is 11.2. The van der Waals surface area contributed by atoms with Crippen molar-refractivity contribution in [3.63, 3.8) is 0 Å². The van der Waals surface area contributed by atoms with Crippen LogP contribution < -0.4 is 5.32 Å². The van der Waals surface area contributed by atoms with Crippen molar-refractivity contribution in [2.24, 2.45) is 12.5 Å². The van der Waals surface area contributed by atoms with E-state index in [0.717, 1.165) is 5.69 Å². The molecular weight excluding hydrogens is 218 g/mol. The Kier molecular flexibility index (Phi) is 3.62. The van der Waals surface area contributed by atoms with Gasteiger partial charge in [0.1, 0.15) is 0 Å². The van der Waals surface area contributed by atoms with E-state index in [2.05, 4.69) is 10.4 Å². The highest BCUT2D eigenvalue weighted by molar-refractivity contribution is 5.75. The summed E-state index contributed by atoms with van der Waals surface area (Å²) in [4.78, 5) is 11.2. The summed E-state index contributed by atoms with van der Waals surface area (Å²) in [5, 5.41) is 16.7. The van der Waals surface area contributed by atoms with Crippen molar-refractivity contribution in [3.05, 3.63) is 18.0 Å². The van der Waals surface area contributed by atoms with E-state index in [-0.39, 0.29) is 0 Å². The molecule has 1 aromatic heterocycles. The molecule has 5 heteroatoms. The fraction of sp³-hybridized carbons (Fsp3) is 0.667. The van der Waals surface area contributed by atoms with Crippen LogP contribution in [0.2, 0.25) is 0 Å². The molecule has 0 aliphatic carbocycles. The lowest BCUT2D eigenvalue weighted by Crippen LogP contribution is -2.54. The summed E-state index contributed by atoms with van der Waals surface area (Å²) in [6.45, 7) is 7.79. The van der Waals surface area contributed by atoms with Crippen molar-refractivity contribution < 1.29 is 9.90 Å². The molecule has 0 amide bonds. The molecule has 0 atom stereocenters. The van der Waals surface area contributed by atoms with Gasteiger partial charge in [0, 0.05) is 25.3 Å². The average Bonchev–Trinajstić information content (AvgIpc) is 2.61. The summed E-state index contributed by atoms with van der Waals surface area (Å²) in [5.74, 6) is -0.809. The van der Waals surface area contributed by atoms with Gasteiger partial charge >= 0.3 is 5.97 Å². The molecule has 2 N–H and O–H groups in total. The van der Waals surface area contributed by atoms with Crippen molar-refractivity contribution in [1.29, 1.82) is 0 Å². The van der Waals surface area contributed by atoms with Crippen LogP contribution in [-0.4, -0.2) is 26.4 Å². The number of nitrogens with zero attached hydrogens (tertiary/aromatic N) is 2. The maximum Gasteiger partial charge on any atom is 0.310 e. The number of aliphatic carboxylic acids is 1. The topological polar surface area (TPSA) is 67.2 Å². The van der Waals surface area contributed by atoms with Gasteiger partial charge in [0.2, 0.25) is 0 Å². The van der Waals surface area contributed by atoms with Crippen LogP contribution in [0.3, 0.4) is 0 Å². The van der Waals surface area contributed by atoms with E-state index in [4.69, 9.17) is 0 Å². The normalized spacial score (nSPS) is 12.8. The molecule has 0 spiro atoms. The molecule has 96 valence electrons. The van der Waals surface area contributed by atoms with E-state index in [0.29, 0.717) is 6.54 Å². The fourth-order valence-corrected chi connectivity index (χ4v) is 1.36. The van der Waals surface area contributed by atoms with E-state index >= 15 is 0 Å². The summed E-state index contributed by atoms with van der Waals surface area (Å²) in [5.41, 5.74) is -0.459. The van der Waals surface area contributed by atoms with Gasteiger partial charge in [-0.2, -0.15) is 5.10 Å². The van der Waals surface area contributed by atoms with Gasteiger partial charge in [-0.05, 0) is 33.8 Å². The smallest absolute Gasteiger partial charge is 0.310 e. The fourth-order valence-electron chi connectivity index (χ4n) is 1.36. The summed E-state index contributed by atoms with van der Waals surface area (Å²) < 4.78 is 1.73. The highest BCUT2D eigenvalue weighted by atomic mass is 16.4. The van der Waals surface area contributed by atoms with Gasteiger partial charge in [-0.1, -0.05) is 0 Å². The molecule has 0 saturated carbocycles. The minimum atomic E-state index is -0.845. The average molecular weight is 239 g/mol. The molecule has 1 aromatic rings. The van der Waals surface area contributed by atoms with Crippen LogP contribution in [0.4, 0.5) is 0 Å². The molecule has 1 rings (SSSR count). The summed E-state index contributed by atoms with van der Waals surface area (Å²) in [6, 6.07) is 1.91. The van der Waals surface area contributed by atoms with Crippen LogP contribution >= 0.6 is 0 Å². The quantitative estimate of drug-likeness (QED) is 0.815. The van der Waals surface area contributed by atoms with Crippen LogP contribution in [0.15, 0.2) is 12.3 Å². The van der Waals surface area contributed by atoms with Gasteiger partial charge < -0.3 is 10.4 Å². The number of nitrogens with one attached hydrogen (secondary N) is 1. The second-order valence-corrected chi connectivity index (χ2v) is 5.39. The van der Waals surface area contributed by atoms with Crippen LogP contribution in [0.5, 0.6) is 0 Å². The summed E-state index contributed by atoms with van der Waals surface area (Å²) >= 11 is 0. The molecule has 5 nitrogen and oxygen atoms in total. The Morgan fingerprint density at radius 1 is 1.47 bits per heavy atom. The maximum atomic E-state index is 11.2. The Morgan fingerprint density at radius 3 is 2.47 bits per heavy atom. The molecule has 0 unspecified atom stereocenters. The molecule has 0 bridgehead atoms. The molecule has 17 heavy (non-hydrogen) atoms. The van der Waals surface area contributed by atoms with Crippen molar-refractivity contribution in [3.8, 4) is 0 Å². The van der Waals surface area contributed by atoms with E-state index < -0.39 is 16.9 Å². The van der Waals surface area contributed by atoms with Crippen LogP contribution in [0, 0.1) is 5.41 Å². The third-order valence-corrected chi connectivity index (χ3v) is 3.58. The lowest BCUT2D eigenvalue weighted by atomic mass is 9.74. The predicted molar refractivity (Wildman–Crippen MR) is 65.5 cm³/mol. The van der Waals surface area contributed by atoms with Gasteiger partial charge in [0.25, 0.3) is 0 Å². The van der Waals surface area contributed by atoms with Crippen molar-refractivity contribution >= 4 is 5.97 Å². The summed E-state index contributed by atoms with van der Waals surface area (Å²) in [6.07, 6.45) is 1.87. The highest BCUT2D eigenvalue weighted by Gasteiger charge is 2.43. The van der Waals surface area contributed by atoms with E-state index in [1.807, 2.05) is 33.2 Å². The van der Waals surface area contributed by atoms with Gasteiger partial charge in [-0.25, -0.2) is 0 Å². The van der Waals surface area contributed by atoms with Crippen molar-refractivity contribution in [2.45, 2.75) is 39.8 Å². The number of carbonyl (C=O) groups is 1. The van der Waals surface area contributed by atoms with Crippen LogP contribution in [0.25, 0.3) is 0 Å². The Balaban J connectivity index is 2.70. The Morgan fingerprint density at radius 2 is 2.06 bits per heavy atom. The number of aryl methyl sites for hydroxylation is 1. The Hall–Kier alpha value is -1.36. The van der Waals surface area contributed by atoms with Crippen LogP contribution in [-0.2, 0) is 18.4 Å². The highest BCUT2D eigenvalue weighted by Crippen LogP contribution is 2.30. The predicted octanol–water partition coefficient (Wildman–Crippen LogP) is 1.40. The SMILES string of the molecule is Cn1ccc(CNC(C)(C)C(C)(C)C(=O)O)n1. The molecule has 1 heterocycles. The molecule has 0 aliphatic heterocycles. The van der Waals surface area contributed by atoms with Gasteiger partial charge in [-0.3, -0.25) is 9.48 Å². The first-order valence-corrected chi connectivity index (χ1v) is 5.64. The Labute approximate surface area is 102 Å². The second kappa shape index (κ2) is 4.49. The third kappa shape index (κ3) is 2.85. The standard InChI is InChI=1S/C12H21N3O2/c1-11(2,10(16)17)12(3,4)13-8-9-6-7-15(5)14-9/h6-7,13H,8H2,1-5H3,(H,16,17). The number of rotatable bonds is 5. The number of carboxylic acids is 1. The Bertz CT molecular complexity index is 408. The molecule has 0 fully saturated rings.